The van der Waals surface area contributed by atoms with Gasteiger partial charge in [-0.2, -0.15) is 0 Å². The van der Waals surface area contributed by atoms with Crippen molar-refractivity contribution in [2.24, 2.45) is 0 Å². The van der Waals surface area contributed by atoms with Gasteiger partial charge in [-0.25, -0.2) is 0 Å². The van der Waals surface area contributed by atoms with Crippen molar-refractivity contribution in [1.29, 1.82) is 0 Å². The second kappa shape index (κ2) is 8.30. The van der Waals surface area contributed by atoms with E-state index in [-0.39, 0.29) is 30.1 Å². The molecule has 1 aliphatic carbocycles. The van der Waals surface area contributed by atoms with Crippen LogP contribution in [0.1, 0.15) is 45.1 Å². The largest absolute Gasteiger partial charge is 0.485 e. The smallest absolute Gasteiger partial charge is 0.248 e. The van der Waals surface area contributed by atoms with Gasteiger partial charge in [0.2, 0.25) is 11.8 Å². The number of nitrogens with zero attached hydrogens (tertiary/aromatic N) is 2. The molecule has 0 bridgehead atoms. The summed E-state index contributed by atoms with van der Waals surface area (Å²) >= 11 is 0. The van der Waals surface area contributed by atoms with Crippen LogP contribution in [0, 0.1) is 0 Å². The third-order valence-electron chi connectivity index (χ3n) is 5.82. The fraction of sp³-hybridized carbons (Fsp3) is 0.619. The number of para-hydroxylation sites is 1. The highest BCUT2D eigenvalue weighted by atomic mass is 16.5. The summed E-state index contributed by atoms with van der Waals surface area (Å²) in [5.41, 5.74) is 0.675. The molecule has 0 aromatic heterocycles. The Morgan fingerprint density at radius 2 is 2.00 bits per heavy atom. The van der Waals surface area contributed by atoms with Gasteiger partial charge in [-0.3, -0.25) is 9.59 Å². The summed E-state index contributed by atoms with van der Waals surface area (Å²) in [5.74, 6) is 0.969. The Morgan fingerprint density at radius 3 is 2.67 bits per heavy atom. The summed E-state index contributed by atoms with van der Waals surface area (Å²) in [6, 6.07) is 8.16. The number of likely N-dealkylation sites (N-methyl/N-ethyl adjacent to an activating group) is 1. The number of carbonyl (C=O) groups is 2. The van der Waals surface area contributed by atoms with Crippen molar-refractivity contribution < 1.29 is 19.1 Å². The van der Waals surface area contributed by atoms with E-state index in [2.05, 4.69) is 0 Å². The second-order valence-electron chi connectivity index (χ2n) is 7.64. The molecule has 6 nitrogen and oxygen atoms in total. The molecule has 2 aliphatic rings. The van der Waals surface area contributed by atoms with Gasteiger partial charge in [0, 0.05) is 38.7 Å². The van der Waals surface area contributed by atoms with Crippen LogP contribution in [0.5, 0.6) is 5.75 Å². The Morgan fingerprint density at radius 1 is 1.30 bits per heavy atom. The fourth-order valence-corrected chi connectivity index (χ4v) is 4.10. The normalized spacial score (nSPS) is 24.7. The lowest BCUT2D eigenvalue weighted by molar-refractivity contribution is -0.138. The van der Waals surface area contributed by atoms with Crippen molar-refractivity contribution in [3.63, 3.8) is 0 Å². The molecular weight excluding hydrogens is 344 g/mol. The van der Waals surface area contributed by atoms with Crippen LogP contribution >= 0.6 is 0 Å². The van der Waals surface area contributed by atoms with Crippen molar-refractivity contribution in [3.8, 4) is 5.75 Å². The molecule has 1 aliphatic heterocycles. The first-order chi connectivity index (χ1) is 12.9. The number of carbonyl (C=O) groups excluding carboxylic acids is 2. The molecule has 0 N–H and O–H groups in total. The summed E-state index contributed by atoms with van der Waals surface area (Å²) in [5, 5.41) is 0. The van der Waals surface area contributed by atoms with Gasteiger partial charge in [0.25, 0.3) is 0 Å². The lowest BCUT2D eigenvalue weighted by atomic mass is 9.81. The van der Waals surface area contributed by atoms with Gasteiger partial charge < -0.3 is 19.3 Å². The van der Waals surface area contributed by atoms with Crippen LogP contribution in [-0.2, 0) is 20.9 Å². The zero-order valence-electron chi connectivity index (χ0n) is 16.6. The van der Waals surface area contributed by atoms with E-state index in [1.54, 1.807) is 6.92 Å². The summed E-state index contributed by atoms with van der Waals surface area (Å²) in [6.45, 7) is 5.37. The number of hydrogen-bond acceptors (Lipinski definition) is 4. The topological polar surface area (TPSA) is 59.1 Å². The van der Waals surface area contributed by atoms with E-state index in [0.29, 0.717) is 19.7 Å². The summed E-state index contributed by atoms with van der Waals surface area (Å²) < 4.78 is 11.8. The molecule has 6 heteroatoms. The number of ether oxygens (including phenoxy) is 2. The molecule has 2 amide bonds. The standard InChI is InChI=1S/C21H30N2O4/c1-4-26-14-20(25)22(3)18-9-11-21(12-10-18)15-23(16(2)24)13-17-7-5-6-8-19(17)27-21/h5-8,18H,4,9-15H2,1-3H3. The third-order valence-corrected chi connectivity index (χ3v) is 5.82. The Kier molecular flexibility index (Phi) is 6.05. The van der Waals surface area contributed by atoms with Crippen molar-refractivity contribution in [2.75, 3.05) is 26.8 Å². The highest BCUT2D eigenvalue weighted by Gasteiger charge is 2.42. The highest BCUT2D eigenvalue weighted by molar-refractivity contribution is 5.77. The SMILES string of the molecule is CCOCC(=O)N(C)C1CCC2(CC1)CN(C(C)=O)Cc1ccccc1O2. The zero-order valence-corrected chi connectivity index (χ0v) is 16.6. The fourth-order valence-electron chi connectivity index (χ4n) is 4.10. The van der Waals surface area contributed by atoms with Gasteiger partial charge in [0.15, 0.2) is 0 Å². The highest BCUT2D eigenvalue weighted by Crippen LogP contribution is 2.39. The van der Waals surface area contributed by atoms with Crippen LogP contribution in [0.2, 0.25) is 0 Å². The van der Waals surface area contributed by atoms with E-state index < -0.39 is 0 Å². The lowest BCUT2D eigenvalue weighted by Gasteiger charge is -2.43. The van der Waals surface area contributed by atoms with Crippen molar-refractivity contribution in [1.82, 2.24) is 9.80 Å². The number of benzene rings is 1. The molecule has 1 spiro atoms. The quantitative estimate of drug-likeness (QED) is 0.813. The van der Waals surface area contributed by atoms with E-state index in [4.69, 9.17) is 9.47 Å². The first kappa shape index (κ1) is 19.7. The number of hydrogen-bond donors (Lipinski definition) is 0. The Hall–Kier alpha value is -2.08. The molecule has 1 aromatic carbocycles. The maximum absolute atomic E-state index is 12.2. The minimum absolute atomic E-state index is 0.0234. The molecule has 1 saturated carbocycles. The Labute approximate surface area is 161 Å². The molecule has 0 radical (unpaired) electrons. The summed E-state index contributed by atoms with van der Waals surface area (Å²) in [4.78, 5) is 28.1. The average molecular weight is 374 g/mol. The molecule has 0 atom stereocenters. The maximum atomic E-state index is 12.2. The third kappa shape index (κ3) is 4.43. The molecular formula is C21H30N2O4. The van der Waals surface area contributed by atoms with Gasteiger partial charge in [-0.15, -0.1) is 0 Å². The van der Waals surface area contributed by atoms with Crippen molar-refractivity contribution in [3.05, 3.63) is 29.8 Å². The predicted octanol–water partition coefficient (Wildman–Crippen LogP) is 2.60. The molecule has 1 fully saturated rings. The van der Waals surface area contributed by atoms with Crippen molar-refractivity contribution >= 4 is 11.8 Å². The maximum Gasteiger partial charge on any atom is 0.248 e. The molecule has 0 saturated heterocycles. The van der Waals surface area contributed by atoms with Gasteiger partial charge in [0.05, 0.1) is 6.54 Å². The van der Waals surface area contributed by atoms with E-state index in [0.717, 1.165) is 37.0 Å². The van der Waals surface area contributed by atoms with Gasteiger partial charge in [-0.05, 0) is 38.7 Å². The molecule has 3 rings (SSSR count). The molecule has 0 unspecified atom stereocenters. The molecule has 148 valence electrons. The van der Waals surface area contributed by atoms with Crippen LogP contribution in [0.4, 0.5) is 0 Å². The van der Waals surface area contributed by atoms with E-state index in [1.807, 2.05) is 48.0 Å². The number of fused-ring (bicyclic) bond motifs is 1. The number of rotatable bonds is 4. The summed E-state index contributed by atoms with van der Waals surface area (Å²) in [7, 11) is 1.86. The van der Waals surface area contributed by atoms with E-state index in [1.165, 1.54) is 0 Å². The first-order valence-electron chi connectivity index (χ1n) is 9.80. The number of amides is 2. The second-order valence-corrected chi connectivity index (χ2v) is 7.64. The predicted molar refractivity (Wildman–Crippen MR) is 102 cm³/mol. The first-order valence-corrected chi connectivity index (χ1v) is 9.80. The molecule has 1 aromatic rings. The molecule has 27 heavy (non-hydrogen) atoms. The van der Waals surface area contributed by atoms with Crippen LogP contribution < -0.4 is 4.74 Å². The van der Waals surface area contributed by atoms with Crippen LogP contribution in [0.15, 0.2) is 24.3 Å². The van der Waals surface area contributed by atoms with Gasteiger partial charge in [-0.1, -0.05) is 18.2 Å². The Bertz CT molecular complexity index is 683. The van der Waals surface area contributed by atoms with Gasteiger partial charge >= 0.3 is 0 Å². The van der Waals surface area contributed by atoms with Gasteiger partial charge in [0.1, 0.15) is 18.0 Å². The molecule has 1 heterocycles. The minimum atomic E-state index is -0.376. The monoisotopic (exact) mass is 374 g/mol. The average Bonchev–Trinajstić information content (AvgIpc) is 2.83. The van der Waals surface area contributed by atoms with Crippen LogP contribution in [-0.4, -0.2) is 60.1 Å². The Balaban J connectivity index is 1.72. The van der Waals surface area contributed by atoms with E-state index >= 15 is 0 Å². The van der Waals surface area contributed by atoms with Crippen LogP contribution in [0.25, 0.3) is 0 Å². The minimum Gasteiger partial charge on any atom is -0.485 e. The van der Waals surface area contributed by atoms with Crippen molar-refractivity contribution in [2.45, 2.75) is 57.7 Å². The lowest BCUT2D eigenvalue weighted by Crippen LogP contribution is -2.52. The van der Waals surface area contributed by atoms with E-state index in [9.17, 15) is 9.59 Å². The zero-order chi connectivity index (χ0) is 19.4. The van der Waals surface area contributed by atoms with Crippen LogP contribution in [0.3, 0.4) is 0 Å². The summed E-state index contributed by atoms with van der Waals surface area (Å²) in [6.07, 6.45) is 3.37.